The summed E-state index contributed by atoms with van der Waals surface area (Å²) in [6, 6.07) is 6.27. The molecule has 0 aliphatic heterocycles. The maximum atomic E-state index is 12.9. The van der Waals surface area contributed by atoms with E-state index < -0.39 is 23.3 Å². The third-order valence-electron chi connectivity index (χ3n) is 4.38. The molecule has 22 heavy (non-hydrogen) atoms. The quantitative estimate of drug-likeness (QED) is 0.941. The first kappa shape index (κ1) is 15.0. The zero-order valence-electron chi connectivity index (χ0n) is 11.7. The second kappa shape index (κ2) is 5.35. The summed E-state index contributed by atoms with van der Waals surface area (Å²) in [5.74, 6) is 0. The normalized spacial score (nSPS) is 18.5. The molecule has 1 N–H and O–H groups in total. The van der Waals surface area contributed by atoms with E-state index in [1.165, 1.54) is 6.20 Å². The highest BCUT2D eigenvalue weighted by Gasteiger charge is 2.47. The molecular formula is C16H15F3N2O. The second-order valence-corrected chi connectivity index (χ2v) is 5.63. The second-order valence-electron chi connectivity index (χ2n) is 5.63. The summed E-state index contributed by atoms with van der Waals surface area (Å²) in [6.07, 6.45) is 0.512. The molecule has 0 aromatic carbocycles. The lowest BCUT2D eigenvalue weighted by Crippen LogP contribution is -2.41. The standard InChI is InChI=1S/C16H15F3N2O/c17-16(18,19)12-8-11(9-20-10-12)15(5-3-6-15)14(22)13-4-1-2-7-21-13/h1-2,4,7-10,14,22H,3,5-6H2. The van der Waals surface area contributed by atoms with Crippen LogP contribution in [0.5, 0.6) is 0 Å². The number of hydrogen-bond donors (Lipinski definition) is 1. The Morgan fingerprint density at radius 1 is 1.18 bits per heavy atom. The van der Waals surface area contributed by atoms with E-state index in [9.17, 15) is 18.3 Å². The minimum atomic E-state index is -4.44. The SMILES string of the molecule is OC(c1ccccn1)C1(c2cncc(C(F)(F)F)c2)CCC1. The maximum Gasteiger partial charge on any atom is 0.417 e. The molecule has 1 aliphatic rings. The zero-order valence-corrected chi connectivity index (χ0v) is 11.7. The van der Waals surface area contributed by atoms with Crippen LogP contribution in [0.4, 0.5) is 13.2 Å². The average Bonchev–Trinajstić information content (AvgIpc) is 2.46. The number of pyridine rings is 2. The molecule has 2 aromatic rings. The van der Waals surface area contributed by atoms with Crippen LogP contribution in [0.2, 0.25) is 0 Å². The third-order valence-corrected chi connectivity index (χ3v) is 4.38. The number of hydrogen-bond acceptors (Lipinski definition) is 3. The van der Waals surface area contributed by atoms with Crippen molar-refractivity contribution in [3.05, 3.63) is 59.7 Å². The van der Waals surface area contributed by atoms with E-state index in [-0.39, 0.29) is 0 Å². The van der Waals surface area contributed by atoms with Crippen LogP contribution in [0.3, 0.4) is 0 Å². The molecule has 3 nitrogen and oxygen atoms in total. The third kappa shape index (κ3) is 2.47. The van der Waals surface area contributed by atoms with Gasteiger partial charge >= 0.3 is 6.18 Å². The predicted molar refractivity (Wildman–Crippen MR) is 74.0 cm³/mol. The number of nitrogens with zero attached hydrogens (tertiary/aromatic N) is 2. The van der Waals surface area contributed by atoms with E-state index in [1.54, 1.807) is 24.4 Å². The van der Waals surface area contributed by atoms with Gasteiger partial charge in [-0.2, -0.15) is 13.2 Å². The van der Waals surface area contributed by atoms with Crippen molar-refractivity contribution in [1.29, 1.82) is 0 Å². The Bertz CT molecular complexity index is 654. The van der Waals surface area contributed by atoms with Gasteiger partial charge in [-0.1, -0.05) is 12.5 Å². The molecule has 0 bridgehead atoms. The Kier molecular flexibility index (Phi) is 3.64. The van der Waals surface area contributed by atoms with E-state index >= 15 is 0 Å². The number of aromatic nitrogens is 2. The van der Waals surface area contributed by atoms with Crippen molar-refractivity contribution in [2.45, 2.75) is 37.0 Å². The largest absolute Gasteiger partial charge is 0.417 e. The van der Waals surface area contributed by atoms with Gasteiger partial charge in [-0.05, 0) is 36.6 Å². The molecule has 0 amide bonds. The van der Waals surface area contributed by atoms with Gasteiger partial charge in [0, 0.05) is 24.0 Å². The number of rotatable bonds is 3. The molecule has 1 fully saturated rings. The topological polar surface area (TPSA) is 46.0 Å². The molecule has 1 atom stereocenters. The Labute approximate surface area is 125 Å². The minimum Gasteiger partial charge on any atom is -0.386 e. The fourth-order valence-corrected chi connectivity index (χ4v) is 2.97. The Hall–Kier alpha value is -1.95. The van der Waals surface area contributed by atoms with Crippen LogP contribution in [-0.2, 0) is 11.6 Å². The molecule has 0 saturated heterocycles. The van der Waals surface area contributed by atoms with Crippen LogP contribution in [0.25, 0.3) is 0 Å². The predicted octanol–water partition coefficient (Wildman–Crippen LogP) is 3.65. The zero-order chi connectivity index (χ0) is 15.8. The monoisotopic (exact) mass is 308 g/mol. The molecule has 1 saturated carbocycles. The highest BCUT2D eigenvalue weighted by molar-refractivity contribution is 5.33. The lowest BCUT2D eigenvalue weighted by molar-refractivity contribution is -0.138. The van der Waals surface area contributed by atoms with Crippen molar-refractivity contribution >= 4 is 0 Å². The van der Waals surface area contributed by atoms with Crippen molar-refractivity contribution in [2.24, 2.45) is 0 Å². The van der Waals surface area contributed by atoms with Crippen molar-refractivity contribution in [3.8, 4) is 0 Å². The van der Waals surface area contributed by atoms with Gasteiger partial charge in [0.2, 0.25) is 0 Å². The van der Waals surface area contributed by atoms with Crippen molar-refractivity contribution in [1.82, 2.24) is 9.97 Å². The van der Waals surface area contributed by atoms with E-state index in [0.29, 0.717) is 24.1 Å². The molecule has 6 heteroatoms. The smallest absolute Gasteiger partial charge is 0.386 e. The Morgan fingerprint density at radius 3 is 2.50 bits per heavy atom. The van der Waals surface area contributed by atoms with Gasteiger partial charge < -0.3 is 5.11 Å². The number of aliphatic hydroxyl groups is 1. The van der Waals surface area contributed by atoms with Crippen molar-refractivity contribution in [3.63, 3.8) is 0 Å². The van der Waals surface area contributed by atoms with Gasteiger partial charge in [0.25, 0.3) is 0 Å². The molecule has 3 rings (SSSR count). The Morgan fingerprint density at radius 2 is 1.95 bits per heavy atom. The van der Waals surface area contributed by atoms with Crippen LogP contribution >= 0.6 is 0 Å². The highest BCUT2D eigenvalue weighted by atomic mass is 19.4. The number of halogens is 3. The molecule has 0 spiro atoms. The fraction of sp³-hybridized carbons (Fsp3) is 0.375. The first-order chi connectivity index (χ1) is 10.4. The van der Waals surface area contributed by atoms with Crippen LogP contribution in [0.15, 0.2) is 42.9 Å². The first-order valence-corrected chi connectivity index (χ1v) is 7.05. The summed E-state index contributed by atoms with van der Waals surface area (Å²) in [7, 11) is 0. The summed E-state index contributed by atoms with van der Waals surface area (Å²) >= 11 is 0. The first-order valence-electron chi connectivity index (χ1n) is 7.05. The molecule has 2 aromatic heterocycles. The van der Waals surface area contributed by atoms with Gasteiger partial charge in [-0.3, -0.25) is 9.97 Å². The number of alkyl halides is 3. The minimum absolute atomic E-state index is 0.423. The van der Waals surface area contributed by atoms with Crippen molar-refractivity contribution in [2.75, 3.05) is 0 Å². The van der Waals surface area contributed by atoms with Gasteiger partial charge in [-0.15, -0.1) is 0 Å². The summed E-state index contributed by atoms with van der Waals surface area (Å²) in [6.45, 7) is 0. The van der Waals surface area contributed by atoms with Gasteiger partial charge in [0.15, 0.2) is 0 Å². The average molecular weight is 308 g/mol. The van der Waals surface area contributed by atoms with Crippen LogP contribution in [-0.4, -0.2) is 15.1 Å². The number of aliphatic hydroxyl groups excluding tert-OH is 1. The lowest BCUT2D eigenvalue weighted by atomic mass is 9.60. The van der Waals surface area contributed by atoms with Gasteiger partial charge in [-0.25, -0.2) is 0 Å². The summed E-state index contributed by atoms with van der Waals surface area (Å²) in [5.41, 5.74) is -0.626. The van der Waals surface area contributed by atoms with Gasteiger partial charge in [0.05, 0.1) is 11.3 Å². The van der Waals surface area contributed by atoms with Crippen LogP contribution in [0.1, 0.15) is 42.2 Å². The van der Waals surface area contributed by atoms with E-state index in [1.807, 2.05) is 0 Å². The van der Waals surface area contributed by atoms with Crippen LogP contribution in [0, 0.1) is 0 Å². The summed E-state index contributed by atoms with van der Waals surface area (Å²) < 4.78 is 38.7. The molecule has 1 unspecified atom stereocenters. The van der Waals surface area contributed by atoms with E-state index in [0.717, 1.165) is 18.7 Å². The Balaban J connectivity index is 2.00. The van der Waals surface area contributed by atoms with E-state index in [2.05, 4.69) is 9.97 Å². The van der Waals surface area contributed by atoms with Gasteiger partial charge in [0.1, 0.15) is 6.10 Å². The fourth-order valence-electron chi connectivity index (χ4n) is 2.97. The summed E-state index contributed by atoms with van der Waals surface area (Å²) in [5, 5.41) is 10.7. The molecule has 116 valence electrons. The maximum absolute atomic E-state index is 12.9. The molecule has 2 heterocycles. The van der Waals surface area contributed by atoms with Crippen molar-refractivity contribution < 1.29 is 18.3 Å². The molecular weight excluding hydrogens is 293 g/mol. The lowest BCUT2D eigenvalue weighted by Gasteiger charge is -2.45. The highest BCUT2D eigenvalue weighted by Crippen LogP contribution is 2.52. The molecule has 0 radical (unpaired) electrons. The summed E-state index contributed by atoms with van der Waals surface area (Å²) in [4.78, 5) is 7.85. The van der Waals surface area contributed by atoms with E-state index in [4.69, 9.17) is 0 Å². The van der Waals surface area contributed by atoms with Crippen LogP contribution < -0.4 is 0 Å². The molecule has 1 aliphatic carbocycles.